The molecule has 1 amide bonds. The number of para-hydroxylation sites is 1. The largest absolute Gasteiger partial charge is 0.492 e. The number of likely N-dealkylation sites (tertiary alicyclic amines) is 1. The first kappa shape index (κ1) is 22.1. The number of fused-ring (bicyclic) bond motifs is 2. The van der Waals surface area contributed by atoms with E-state index < -0.39 is 10.2 Å². The van der Waals surface area contributed by atoms with Crippen LogP contribution in [0.5, 0.6) is 5.75 Å². The minimum atomic E-state index is -3.85. The summed E-state index contributed by atoms with van der Waals surface area (Å²) in [7, 11) is -3.85. The van der Waals surface area contributed by atoms with Crippen LogP contribution in [-0.4, -0.2) is 49.7 Å². The predicted molar refractivity (Wildman–Crippen MR) is 130 cm³/mol. The van der Waals surface area contributed by atoms with Crippen LogP contribution in [0.15, 0.2) is 52.9 Å². The monoisotopic (exact) mass is 479 g/mol. The number of anilines is 1. The van der Waals surface area contributed by atoms with Crippen molar-refractivity contribution in [3.8, 4) is 5.75 Å². The lowest BCUT2D eigenvalue weighted by Gasteiger charge is -2.33. The van der Waals surface area contributed by atoms with E-state index in [0.717, 1.165) is 29.4 Å². The molecule has 10 heteroatoms. The van der Waals surface area contributed by atoms with Crippen molar-refractivity contribution in [1.29, 1.82) is 0 Å². The summed E-state index contributed by atoms with van der Waals surface area (Å²) in [4.78, 5) is 19.9. The summed E-state index contributed by atoms with van der Waals surface area (Å²) in [5.41, 5.74) is 8.96. The summed E-state index contributed by atoms with van der Waals surface area (Å²) in [6.45, 7) is 3.52. The molecular weight excluding hydrogens is 454 g/mol. The van der Waals surface area contributed by atoms with Crippen molar-refractivity contribution in [3.05, 3.63) is 65.4 Å². The van der Waals surface area contributed by atoms with Gasteiger partial charge in [0.25, 0.3) is 5.91 Å². The number of amides is 1. The van der Waals surface area contributed by atoms with Crippen LogP contribution in [0, 0.1) is 12.8 Å². The molecular formula is C24H25N5O4S. The number of amidine groups is 1. The van der Waals surface area contributed by atoms with Crippen molar-refractivity contribution < 1.29 is 17.9 Å². The number of nitrogens with two attached hydrogens (primary N) is 1. The highest BCUT2D eigenvalue weighted by atomic mass is 32.2. The fraction of sp³-hybridized carbons (Fsp3) is 0.292. The Labute approximate surface area is 197 Å². The van der Waals surface area contributed by atoms with E-state index in [-0.39, 0.29) is 17.7 Å². The first-order valence-corrected chi connectivity index (χ1v) is 12.5. The van der Waals surface area contributed by atoms with Gasteiger partial charge in [-0.05, 0) is 44.0 Å². The number of aryl methyl sites for hydroxylation is 1. The van der Waals surface area contributed by atoms with Crippen LogP contribution in [0.2, 0.25) is 0 Å². The maximum atomic E-state index is 13.4. The van der Waals surface area contributed by atoms with Crippen LogP contribution in [0.4, 0.5) is 5.69 Å². The Bertz CT molecular complexity index is 1420. The summed E-state index contributed by atoms with van der Waals surface area (Å²) < 4.78 is 35.6. The van der Waals surface area contributed by atoms with Gasteiger partial charge in [-0.25, -0.2) is 0 Å². The first-order valence-electron chi connectivity index (χ1n) is 11.1. The van der Waals surface area contributed by atoms with Gasteiger partial charge in [-0.1, -0.05) is 24.3 Å². The molecule has 1 fully saturated rings. The number of nitrogens with zero attached hydrogens (tertiary/aromatic N) is 3. The molecule has 176 valence electrons. The van der Waals surface area contributed by atoms with Gasteiger partial charge in [-0.2, -0.15) is 8.42 Å². The van der Waals surface area contributed by atoms with E-state index in [1.807, 2.05) is 42.2 Å². The number of pyridine rings is 1. The Morgan fingerprint density at radius 2 is 2.06 bits per heavy atom. The third kappa shape index (κ3) is 4.28. The highest BCUT2D eigenvalue weighted by Gasteiger charge is 2.28. The number of hydrogen-bond donors (Lipinski definition) is 2. The number of hydrogen-bond acceptors (Lipinski definition) is 6. The van der Waals surface area contributed by atoms with Crippen LogP contribution in [0.3, 0.4) is 0 Å². The third-order valence-electron chi connectivity index (χ3n) is 6.10. The fourth-order valence-corrected chi connectivity index (χ4v) is 5.43. The van der Waals surface area contributed by atoms with Gasteiger partial charge < -0.3 is 15.4 Å². The summed E-state index contributed by atoms with van der Waals surface area (Å²) in [5, 5.41) is 0.851. The van der Waals surface area contributed by atoms with Crippen molar-refractivity contribution in [3.63, 3.8) is 0 Å². The lowest BCUT2D eigenvalue weighted by Crippen LogP contribution is -2.41. The van der Waals surface area contributed by atoms with Crippen molar-refractivity contribution in [2.45, 2.75) is 19.8 Å². The first-order chi connectivity index (χ1) is 16.3. The second-order valence-electron chi connectivity index (χ2n) is 8.63. The standard InChI is InChI=1S/C24H25N5O4S/c1-15-12-18(17-7-2-3-8-19(17)26-15)24(30)29-11-5-6-16(13-29)14-33-21-10-4-9-20-22(21)23(25)28-34(31,32)27-20/h2-4,7-10,12,16,27H,5-6,11,13-14H2,1H3,(H2,25,28)/t16-/m0/s1. The van der Waals surface area contributed by atoms with Crippen molar-refractivity contribution in [2.75, 3.05) is 24.4 Å². The zero-order valence-corrected chi connectivity index (χ0v) is 19.5. The molecule has 0 saturated carbocycles. The summed E-state index contributed by atoms with van der Waals surface area (Å²) in [6.07, 6.45) is 1.79. The minimum absolute atomic E-state index is 0.00530. The van der Waals surface area contributed by atoms with E-state index >= 15 is 0 Å². The lowest BCUT2D eigenvalue weighted by molar-refractivity contribution is 0.0635. The van der Waals surface area contributed by atoms with E-state index in [1.54, 1.807) is 18.2 Å². The van der Waals surface area contributed by atoms with Gasteiger partial charge in [0, 0.05) is 30.1 Å². The summed E-state index contributed by atoms with van der Waals surface area (Å²) in [5.74, 6) is 0.473. The second-order valence-corrected chi connectivity index (χ2v) is 9.97. The van der Waals surface area contributed by atoms with Gasteiger partial charge in [0.05, 0.1) is 28.9 Å². The topological polar surface area (TPSA) is 127 Å². The lowest BCUT2D eigenvalue weighted by atomic mass is 9.97. The maximum absolute atomic E-state index is 13.4. The average molecular weight is 480 g/mol. The van der Waals surface area contributed by atoms with Gasteiger partial charge in [0.15, 0.2) is 5.84 Å². The molecule has 3 N–H and O–H groups in total. The second kappa shape index (κ2) is 8.60. The normalized spacial score (nSPS) is 19.1. The summed E-state index contributed by atoms with van der Waals surface area (Å²) >= 11 is 0. The van der Waals surface area contributed by atoms with Crippen molar-refractivity contribution in [1.82, 2.24) is 9.88 Å². The molecule has 5 rings (SSSR count). The number of aromatic nitrogens is 1. The predicted octanol–water partition coefficient (Wildman–Crippen LogP) is 2.85. The molecule has 0 unspecified atom stereocenters. The fourth-order valence-electron chi connectivity index (χ4n) is 4.59. The van der Waals surface area contributed by atoms with E-state index in [1.165, 1.54) is 0 Å². The van der Waals surface area contributed by atoms with Crippen LogP contribution >= 0.6 is 0 Å². The van der Waals surface area contributed by atoms with E-state index in [2.05, 4.69) is 14.1 Å². The number of piperidine rings is 1. The van der Waals surface area contributed by atoms with Gasteiger partial charge in [-0.15, -0.1) is 4.40 Å². The number of rotatable bonds is 4. The Kier molecular flexibility index (Phi) is 5.60. The van der Waals surface area contributed by atoms with Crippen LogP contribution < -0.4 is 15.2 Å². The van der Waals surface area contributed by atoms with Crippen LogP contribution in [-0.2, 0) is 10.2 Å². The van der Waals surface area contributed by atoms with E-state index in [9.17, 15) is 13.2 Å². The number of benzene rings is 2. The number of carbonyl (C=O) groups excluding carboxylic acids is 1. The number of ether oxygens (including phenoxy) is 1. The van der Waals surface area contributed by atoms with Crippen LogP contribution in [0.25, 0.3) is 10.9 Å². The van der Waals surface area contributed by atoms with Gasteiger partial charge in [0.1, 0.15) is 5.75 Å². The van der Waals surface area contributed by atoms with Gasteiger partial charge in [0.2, 0.25) is 0 Å². The quantitative estimate of drug-likeness (QED) is 0.592. The summed E-state index contributed by atoms with van der Waals surface area (Å²) in [6, 6.07) is 14.6. The van der Waals surface area contributed by atoms with Gasteiger partial charge in [-0.3, -0.25) is 14.5 Å². The smallest absolute Gasteiger partial charge is 0.344 e. The molecule has 0 radical (unpaired) electrons. The molecule has 0 bridgehead atoms. The highest BCUT2D eigenvalue weighted by molar-refractivity contribution is 7.91. The maximum Gasteiger partial charge on any atom is 0.344 e. The highest BCUT2D eigenvalue weighted by Crippen LogP contribution is 2.31. The van der Waals surface area contributed by atoms with Crippen molar-refractivity contribution >= 4 is 38.5 Å². The molecule has 2 aromatic carbocycles. The molecule has 3 heterocycles. The zero-order chi connectivity index (χ0) is 23.9. The molecule has 0 aliphatic carbocycles. The SMILES string of the molecule is Cc1cc(C(=O)N2CCC[C@H](COc3cccc4c3C(N)=NS(=O)(=O)N4)C2)c2ccccc2n1. The molecule has 2 aliphatic rings. The van der Waals surface area contributed by atoms with Crippen LogP contribution in [0.1, 0.15) is 34.5 Å². The average Bonchev–Trinajstić information content (AvgIpc) is 2.81. The molecule has 9 nitrogen and oxygen atoms in total. The Morgan fingerprint density at radius 1 is 1.24 bits per heavy atom. The molecule has 1 atom stereocenters. The molecule has 1 aromatic heterocycles. The number of carbonyl (C=O) groups is 1. The van der Waals surface area contributed by atoms with E-state index in [4.69, 9.17) is 10.5 Å². The Morgan fingerprint density at radius 3 is 2.91 bits per heavy atom. The van der Waals surface area contributed by atoms with Gasteiger partial charge >= 0.3 is 10.2 Å². The van der Waals surface area contributed by atoms with Crippen molar-refractivity contribution in [2.24, 2.45) is 16.0 Å². The molecule has 34 heavy (non-hydrogen) atoms. The zero-order valence-electron chi connectivity index (χ0n) is 18.7. The van der Waals surface area contributed by atoms with E-state index in [0.29, 0.717) is 42.3 Å². The third-order valence-corrected chi connectivity index (χ3v) is 7.01. The molecule has 0 spiro atoms. The Balaban J connectivity index is 1.32. The molecule has 2 aliphatic heterocycles. The molecule has 3 aromatic rings. The minimum Gasteiger partial charge on any atom is -0.492 e. The molecule has 1 saturated heterocycles. The Hall–Kier alpha value is -3.66. The number of nitrogens with one attached hydrogen (secondary N) is 1.